The maximum atomic E-state index is 11.6. The number of anilines is 1. The number of aliphatic hydroxyl groups is 1. The zero-order chi connectivity index (χ0) is 20.1. The van der Waals surface area contributed by atoms with Crippen LogP contribution >= 0.6 is 0 Å². The largest absolute Gasteiger partial charge is 0.489 e. The fourth-order valence-electron chi connectivity index (χ4n) is 4.86. The van der Waals surface area contributed by atoms with Crippen LogP contribution in [-0.2, 0) is 11.2 Å². The van der Waals surface area contributed by atoms with Crippen molar-refractivity contribution in [2.45, 2.75) is 51.0 Å². The van der Waals surface area contributed by atoms with Crippen LogP contribution in [0.1, 0.15) is 44.1 Å². The molecule has 1 saturated heterocycles. The number of carbonyl (C=O) groups excluding carboxylic acids is 1. The number of nitrogens with one attached hydrogen (secondary N) is 1. The van der Waals surface area contributed by atoms with E-state index in [2.05, 4.69) is 26.2 Å². The third-order valence-corrected chi connectivity index (χ3v) is 6.66. The lowest BCUT2D eigenvalue weighted by Crippen LogP contribution is -2.47. The van der Waals surface area contributed by atoms with Crippen LogP contribution in [0, 0.1) is 5.92 Å². The number of rotatable bonds is 7. The van der Waals surface area contributed by atoms with Gasteiger partial charge in [-0.15, -0.1) is 0 Å². The van der Waals surface area contributed by atoms with E-state index in [1.165, 1.54) is 24.8 Å². The monoisotopic (exact) mass is 402 g/mol. The van der Waals surface area contributed by atoms with Crippen molar-refractivity contribution in [3.8, 4) is 5.75 Å². The third-order valence-electron chi connectivity index (χ3n) is 6.66. The molecule has 4 rings (SSSR count). The molecule has 2 fully saturated rings. The van der Waals surface area contributed by atoms with Crippen molar-refractivity contribution in [3.05, 3.63) is 17.8 Å². The number of amides is 1. The van der Waals surface area contributed by atoms with E-state index in [-0.39, 0.29) is 18.9 Å². The van der Waals surface area contributed by atoms with Gasteiger partial charge in [-0.05, 0) is 50.6 Å². The molecule has 160 valence electrons. The molecule has 3 aliphatic rings. The molecular formula is C22H34N4O3. The van der Waals surface area contributed by atoms with Gasteiger partial charge < -0.3 is 20.1 Å². The first kappa shape index (κ1) is 20.4. The lowest BCUT2D eigenvalue weighted by atomic mass is 9.84. The second kappa shape index (κ2) is 9.76. The smallest absolute Gasteiger partial charge is 0.222 e. The fraction of sp³-hybridized carbons (Fsp3) is 0.727. The van der Waals surface area contributed by atoms with Gasteiger partial charge in [0.2, 0.25) is 5.91 Å². The van der Waals surface area contributed by atoms with Gasteiger partial charge in [0.1, 0.15) is 0 Å². The maximum Gasteiger partial charge on any atom is 0.222 e. The molecule has 1 saturated carbocycles. The summed E-state index contributed by atoms with van der Waals surface area (Å²) in [5.74, 6) is 2.79. The zero-order valence-electron chi connectivity index (χ0n) is 17.3. The minimum Gasteiger partial charge on any atom is -0.489 e. The Balaban J connectivity index is 1.16. The van der Waals surface area contributed by atoms with Crippen LogP contribution in [0.25, 0.3) is 0 Å². The lowest BCUT2D eigenvalue weighted by molar-refractivity contribution is -0.122. The lowest BCUT2D eigenvalue weighted by Gasteiger charge is -2.37. The van der Waals surface area contributed by atoms with Crippen LogP contribution < -0.4 is 15.0 Å². The molecule has 1 aromatic rings. The molecule has 0 bridgehead atoms. The zero-order valence-corrected chi connectivity index (χ0v) is 17.3. The number of aromatic nitrogens is 1. The van der Waals surface area contributed by atoms with Crippen molar-refractivity contribution in [1.82, 2.24) is 15.2 Å². The van der Waals surface area contributed by atoms with Gasteiger partial charge in [-0.2, -0.15) is 0 Å². The summed E-state index contributed by atoms with van der Waals surface area (Å²) in [6.45, 7) is 6.06. The van der Waals surface area contributed by atoms with Gasteiger partial charge in [-0.3, -0.25) is 9.69 Å². The minimum absolute atomic E-state index is 0.0160. The van der Waals surface area contributed by atoms with Gasteiger partial charge in [-0.1, -0.05) is 0 Å². The highest BCUT2D eigenvalue weighted by Gasteiger charge is 2.26. The molecule has 1 amide bonds. The van der Waals surface area contributed by atoms with Crippen molar-refractivity contribution in [1.29, 1.82) is 0 Å². The van der Waals surface area contributed by atoms with E-state index >= 15 is 0 Å². The first-order valence-electron chi connectivity index (χ1n) is 11.2. The molecule has 2 aliphatic heterocycles. The first-order valence-corrected chi connectivity index (χ1v) is 11.2. The Hall–Kier alpha value is -1.86. The van der Waals surface area contributed by atoms with Crippen molar-refractivity contribution in [2.75, 3.05) is 50.8 Å². The minimum atomic E-state index is -0.0652. The summed E-state index contributed by atoms with van der Waals surface area (Å²) in [5, 5.41) is 11.9. The van der Waals surface area contributed by atoms with Crippen molar-refractivity contribution in [2.24, 2.45) is 5.92 Å². The standard InChI is InChI=1S/C22H34N4O3/c27-15-7-20(28)24-19-3-1-17(2-4-19)6-10-25-11-13-26(14-12-25)22-21-18(5-9-23-22)8-16-29-21/h5,9,17,19,27H,1-4,6-8,10-16H2,(H,24,28)/t17-,19-. The van der Waals surface area contributed by atoms with E-state index in [0.717, 1.165) is 76.1 Å². The molecule has 0 aromatic carbocycles. The Morgan fingerprint density at radius 1 is 1.21 bits per heavy atom. The van der Waals surface area contributed by atoms with E-state index < -0.39 is 0 Å². The summed E-state index contributed by atoms with van der Waals surface area (Å²) in [6, 6.07) is 2.38. The second-order valence-corrected chi connectivity index (χ2v) is 8.60. The van der Waals surface area contributed by atoms with Crippen LogP contribution in [0.5, 0.6) is 5.75 Å². The number of ether oxygens (including phenoxy) is 1. The highest BCUT2D eigenvalue weighted by Crippen LogP contribution is 2.34. The number of pyridine rings is 1. The Bertz CT molecular complexity index is 683. The molecule has 7 nitrogen and oxygen atoms in total. The SMILES string of the molecule is O=C(CCO)N[C@H]1CC[C@H](CCN2CCN(c3nccc4c3OCC4)CC2)CC1. The number of hydrogen-bond acceptors (Lipinski definition) is 6. The number of fused-ring (bicyclic) bond motifs is 1. The van der Waals surface area contributed by atoms with Gasteiger partial charge in [0, 0.05) is 56.8 Å². The topological polar surface area (TPSA) is 77.9 Å². The molecular weight excluding hydrogens is 368 g/mol. The second-order valence-electron chi connectivity index (χ2n) is 8.60. The normalized spacial score (nSPS) is 24.8. The van der Waals surface area contributed by atoms with Gasteiger partial charge in [0.05, 0.1) is 13.2 Å². The van der Waals surface area contributed by atoms with Crippen molar-refractivity contribution < 1.29 is 14.6 Å². The van der Waals surface area contributed by atoms with E-state index in [1.807, 2.05) is 6.20 Å². The summed E-state index contributed by atoms with van der Waals surface area (Å²) in [6.07, 6.45) is 8.92. The van der Waals surface area contributed by atoms with Crippen molar-refractivity contribution in [3.63, 3.8) is 0 Å². The average Bonchev–Trinajstić information content (AvgIpc) is 3.23. The quantitative estimate of drug-likeness (QED) is 0.721. The summed E-state index contributed by atoms with van der Waals surface area (Å²) < 4.78 is 5.83. The molecule has 29 heavy (non-hydrogen) atoms. The molecule has 2 N–H and O–H groups in total. The molecule has 0 radical (unpaired) electrons. The van der Waals surface area contributed by atoms with Crippen molar-refractivity contribution >= 4 is 11.7 Å². The third kappa shape index (κ3) is 5.20. The predicted molar refractivity (Wildman–Crippen MR) is 112 cm³/mol. The molecule has 0 unspecified atom stereocenters. The number of nitrogens with zero attached hydrogens (tertiary/aromatic N) is 3. The van der Waals surface area contributed by atoms with Gasteiger partial charge in [0.15, 0.2) is 11.6 Å². The predicted octanol–water partition coefficient (Wildman–Crippen LogP) is 1.59. The average molecular weight is 403 g/mol. The number of hydrogen-bond donors (Lipinski definition) is 2. The van der Waals surface area contributed by atoms with Crippen LogP contribution in [0.2, 0.25) is 0 Å². The number of carbonyl (C=O) groups is 1. The van der Waals surface area contributed by atoms with Gasteiger partial charge in [-0.25, -0.2) is 4.98 Å². The Labute approximate surface area is 173 Å². The first-order chi connectivity index (χ1) is 14.2. The van der Waals surface area contributed by atoms with Gasteiger partial charge >= 0.3 is 0 Å². The van der Waals surface area contributed by atoms with Crippen LogP contribution in [0.4, 0.5) is 5.82 Å². The highest BCUT2D eigenvalue weighted by molar-refractivity contribution is 5.76. The fourth-order valence-corrected chi connectivity index (χ4v) is 4.86. The van der Waals surface area contributed by atoms with Crippen LogP contribution in [0.3, 0.4) is 0 Å². The summed E-state index contributed by atoms with van der Waals surface area (Å²) in [4.78, 5) is 21.2. The molecule has 0 atom stereocenters. The molecule has 0 spiro atoms. The Kier molecular flexibility index (Phi) is 6.87. The summed E-state index contributed by atoms with van der Waals surface area (Å²) in [7, 11) is 0. The Morgan fingerprint density at radius 2 is 2.00 bits per heavy atom. The van der Waals surface area contributed by atoms with Crippen LogP contribution in [0.15, 0.2) is 12.3 Å². The Morgan fingerprint density at radius 3 is 2.76 bits per heavy atom. The van der Waals surface area contributed by atoms with E-state index in [4.69, 9.17) is 9.84 Å². The van der Waals surface area contributed by atoms with E-state index in [0.29, 0.717) is 6.04 Å². The van der Waals surface area contributed by atoms with Gasteiger partial charge in [0.25, 0.3) is 0 Å². The highest BCUT2D eigenvalue weighted by atomic mass is 16.5. The molecule has 1 aliphatic carbocycles. The number of aliphatic hydroxyl groups excluding tert-OH is 1. The van der Waals surface area contributed by atoms with E-state index in [9.17, 15) is 4.79 Å². The summed E-state index contributed by atoms with van der Waals surface area (Å²) >= 11 is 0. The molecule has 1 aromatic heterocycles. The number of piperazine rings is 1. The summed E-state index contributed by atoms with van der Waals surface area (Å²) in [5.41, 5.74) is 1.29. The molecule has 3 heterocycles. The molecule has 7 heteroatoms. The van der Waals surface area contributed by atoms with Crippen LogP contribution in [-0.4, -0.2) is 72.9 Å². The van der Waals surface area contributed by atoms with E-state index in [1.54, 1.807) is 0 Å². The maximum absolute atomic E-state index is 11.6.